The van der Waals surface area contributed by atoms with Gasteiger partial charge in [-0.3, -0.25) is 0 Å². The lowest BCUT2D eigenvalue weighted by molar-refractivity contribution is 0.364. The van der Waals surface area contributed by atoms with Crippen LogP contribution in [0.2, 0.25) is 5.02 Å². The van der Waals surface area contributed by atoms with Crippen molar-refractivity contribution in [2.24, 2.45) is 7.05 Å². The minimum atomic E-state index is -0.140. The Morgan fingerprint density at radius 1 is 1.16 bits per heavy atom. The van der Waals surface area contributed by atoms with Crippen LogP contribution >= 0.6 is 23.4 Å². The van der Waals surface area contributed by atoms with E-state index in [0.29, 0.717) is 16.7 Å². The summed E-state index contributed by atoms with van der Waals surface area (Å²) in [6.45, 7) is 8.18. The van der Waals surface area contributed by atoms with E-state index in [4.69, 9.17) is 16.1 Å². The third kappa shape index (κ3) is 3.88. The van der Waals surface area contributed by atoms with Gasteiger partial charge in [0.25, 0.3) is 0 Å². The summed E-state index contributed by atoms with van der Waals surface area (Å²) in [5.74, 6) is 2.08. The monoisotopic (exact) mass is 377 g/mol. The van der Waals surface area contributed by atoms with E-state index < -0.39 is 0 Å². The third-order valence-electron chi connectivity index (χ3n) is 3.68. The normalized spacial score (nSPS) is 13.2. The molecule has 0 bridgehead atoms. The Morgan fingerprint density at radius 2 is 1.84 bits per heavy atom. The van der Waals surface area contributed by atoms with Gasteiger partial charge in [-0.15, -0.1) is 10.2 Å². The number of benzene rings is 1. The summed E-state index contributed by atoms with van der Waals surface area (Å²) in [7, 11) is 1.94. The first-order valence-corrected chi connectivity index (χ1v) is 9.17. The van der Waals surface area contributed by atoms with Crippen molar-refractivity contribution in [2.75, 3.05) is 0 Å². The number of nitrogens with zero attached hydrogens (tertiary/aromatic N) is 5. The lowest BCUT2D eigenvalue weighted by atomic mass is 9.96. The molecule has 3 rings (SSSR count). The number of thioether (sulfide) groups is 1. The van der Waals surface area contributed by atoms with E-state index in [2.05, 4.69) is 41.1 Å². The first-order chi connectivity index (χ1) is 11.8. The topological polar surface area (TPSA) is 69.6 Å². The molecule has 1 aromatic carbocycles. The Bertz CT molecular complexity index is 866. The van der Waals surface area contributed by atoms with Crippen LogP contribution in [0.3, 0.4) is 0 Å². The Balaban J connectivity index is 1.79. The standard InChI is InChI=1S/C17H20ClN5OS/c1-10(14-19-15(22-24-14)17(2,3)4)25-16-21-20-13(23(16)5)11-6-8-12(18)9-7-11/h6-10H,1-5H3. The summed E-state index contributed by atoms with van der Waals surface area (Å²) in [6, 6.07) is 7.54. The number of hydrogen-bond donors (Lipinski definition) is 0. The van der Waals surface area contributed by atoms with E-state index in [0.717, 1.165) is 16.5 Å². The van der Waals surface area contributed by atoms with Crippen LogP contribution in [0.5, 0.6) is 0 Å². The van der Waals surface area contributed by atoms with E-state index in [9.17, 15) is 0 Å². The van der Waals surface area contributed by atoms with E-state index in [1.165, 1.54) is 11.8 Å². The maximum absolute atomic E-state index is 5.94. The zero-order chi connectivity index (χ0) is 18.2. The molecule has 0 aliphatic rings. The van der Waals surface area contributed by atoms with Crippen molar-refractivity contribution in [1.29, 1.82) is 0 Å². The van der Waals surface area contributed by atoms with Gasteiger partial charge in [0.05, 0.1) is 5.25 Å². The highest BCUT2D eigenvalue weighted by Gasteiger charge is 2.24. The molecule has 0 N–H and O–H groups in total. The summed E-state index contributed by atoms with van der Waals surface area (Å²) in [4.78, 5) is 4.51. The van der Waals surface area contributed by atoms with Crippen LogP contribution in [-0.4, -0.2) is 24.9 Å². The van der Waals surface area contributed by atoms with Crippen LogP contribution in [0.1, 0.15) is 44.7 Å². The van der Waals surface area contributed by atoms with Gasteiger partial charge >= 0.3 is 0 Å². The molecule has 25 heavy (non-hydrogen) atoms. The number of rotatable bonds is 4. The van der Waals surface area contributed by atoms with E-state index >= 15 is 0 Å². The third-order valence-corrected chi connectivity index (χ3v) is 5.05. The molecule has 0 aliphatic carbocycles. The Labute approximate surface area is 156 Å². The molecule has 1 unspecified atom stereocenters. The van der Waals surface area contributed by atoms with Gasteiger partial charge in [-0.05, 0) is 31.2 Å². The average Bonchev–Trinajstić information content (AvgIpc) is 3.16. The molecule has 0 spiro atoms. The number of hydrogen-bond acceptors (Lipinski definition) is 6. The molecule has 0 amide bonds. The van der Waals surface area contributed by atoms with Crippen molar-refractivity contribution in [3.05, 3.63) is 41.0 Å². The highest BCUT2D eigenvalue weighted by molar-refractivity contribution is 7.99. The smallest absolute Gasteiger partial charge is 0.239 e. The average molecular weight is 378 g/mol. The molecule has 6 nitrogen and oxygen atoms in total. The van der Waals surface area contributed by atoms with Crippen molar-refractivity contribution in [2.45, 2.75) is 43.5 Å². The summed E-state index contributed by atoms with van der Waals surface area (Å²) < 4.78 is 7.37. The van der Waals surface area contributed by atoms with E-state index in [1.54, 1.807) is 0 Å². The fourth-order valence-corrected chi connectivity index (χ4v) is 3.15. The van der Waals surface area contributed by atoms with Crippen LogP contribution in [0.4, 0.5) is 0 Å². The number of halogens is 1. The maximum Gasteiger partial charge on any atom is 0.239 e. The second-order valence-electron chi connectivity index (χ2n) is 6.84. The Kier molecular flexibility index (Phi) is 4.88. The highest BCUT2D eigenvalue weighted by atomic mass is 35.5. The lowest BCUT2D eigenvalue weighted by Gasteiger charge is -2.11. The highest BCUT2D eigenvalue weighted by Crippen LogP contribution is 2.35. The predicted octanol–water partition coefficient (Wildman–Crippen LogP) is 4.67. The first kappa shape index (κ1) is 17.9. The van der Waals surface area contributed by atoms with Gasteiger partial charge in [-0.2, -0.15) is 4.98 Å². The lowest BCUT2D eigenvalue weighted by Crippen LogP contribution is -2.13. The van der Waals surface area contributed by atoms with Gasteiger partial charge in [-0.25, -0.2) is 0 Å². The first-order valence-electron chi connectivity index (χ1n) is 7.92. The van der Waals surface area contributed by atoms with Crippen LogP contribution in [0, 0.1) is 0 Å². The van der Waals surface area contributed by atoms with E-state index in [1.807, 2.05) is 42.8 Å². The van der Waals surface area contributed by atoms with Crippen LogP contribution in [-0.2, 0) is 12.5 Å². The van der Waals surface area contributed by atoms with Crippen molar-refractivity contribution in [3.63, 3.8) is 0 Å². The fraction of sp³-hybridized carbons (Fsp3) is 0.412. The van der Waals surface area contributed by atoms with Gasteiger partial charge in [0.1, 0.15) is 0 Å². The number of aromatic nitrogens is 5. The van der Waals surface area contributed by atoms with Crippen LogP contribution in [0.15, 0.2) is 33.9 Å². The molecule has 8 heteroatoms. The van der Waals surface area contributed by atoms with Crippen molar-refractivity contribution in [3.8, 4) is 11.4 Å². The van der Waals surface area contributed by atoms with Gasteiger partial charge in [0, 0.05) is 23.0 Å². The molecule has 0 saturated heterocycles. The SMILES string of the molecule is CC(Sc1nnc(-c2ccc(Cl)cc2)n1C)c1nc(C(C)(C)C)no1. The molecule has 0 radical (unpaired) electrons. The second-order valence-corrected chi connectivity index (χ2v) is 8.58. The molecule has 1 atom stereocenters. The molecule has 132 valence electrons. The minimum absolute atomic E-state index is 0.0235. The quantitative estimate of drug-likeness (QED) is 0.615. The molecule has 0 fully saturated rings. The van der Waals surface area contributed by atoms with Crippen molar-refractivity contribution >= 4 is 23.4 Å². The van der Waals surface area contributed by atoms with Crippen molar-refractivity contribution < 1.29 is 4.52 Å². The summed E-state index contributed by atoms with van der Waals surface area (Å²) in [6.07, 6.45) is 0. The van der Waals surface area contributed by atoms with E-state index in [-0.39, 0.29) is 10.7 Å². The largest absolute Gasteiger partial charge is 0.338 e. The van der Waals surface area contributed by atoms with Gasteiger partial charge < -0.3 is 9.09 Å². The molecular formula is C17H20ClN5OS. The molecule has 0 saturated carbocycles. The van der Waals surface area contributed by atoms with Gasteiger partial charge in [0.2, 0.25) is 5.89 Å². The summed E-state index contributed by atoms with van der Waals surface area (Å²) in [5.41, 5.74) is 0.824. The summed E-state index contributed by atoms with van der Waals surface area (Å²) >= 11 is 7.48. The van der Waals surface area contributed by atoms with Crippen molar-refractivity contribution in [1.82, 2.24) is 24.9 Å². The van der Waals surface area contributed by atoms with Crippen LogP contribution in [0.25, 0.3) is 11.4 Å². The molecule has 2 heterocycles. The zero-order valence-corrected chi connectivity index (χ0v) is 16.4. The second kappa shape index (κ2) is 6.80. The van der Waals surface area contributed by atoms with Gasteiger partial charge in [0.15, 0.2) is 16.8 Å². The molecule has 3 aromatic rings. The maximum atomic E-state index is 5.94. The zero-order valence-electron chi connectivity index (χ0n) is 14.8. The molecule has 0 aliphatic heterocycles. The fourth-order valence-electron chi connectivity index (χ4n) is 2.18. The van der Waals surface area contributed by atoms with Gasteiger partial charge in [-0.1, -0.05) is 49.3 Å². The Morgan fingerprint density at radius 3 is 2.44 bits per heavy atom. The molecular weight excluding hydrogens is 358 g/mol. The molecule has 2 aromatic heterocycles. The summed E-state index contributed by atoms with van der Waals surface area (Å²) in [5, 5.41) is 14.1. The minimum Gasteiger partial charge on any atom is -0.338 e. The van der Waals surface area contributed by atoms with Crippen LogP contribution < -0.4 is 0 Å². The Hall–Kier alpha value is -1.86. The predicted molar refractivity (Wildman–Crippen MR) is 98.7 cm³/mol.